The van der Waals surface area contributed by atoms with Crippen molar-refractivity contribution in [2.45, 2.75) is 25.4 Å². The summed E-state index contributed by atoms with van der Waals surface area (Å²) >= 11 is 1.53. The molecule has 0 spiro atoms. The van der Waals surface area contributed by atoms with E-state index in [9.17, 15) is 4.79 Å². The van der Waals surface area contributed by atoms with E-state index in [0.29, 0.717) is 12.2 Å². The summed E-state index contributed by atoms with van der Waals surface area (Å²) in [5.41, 5.74) is 1.76. The fourth-order valence-corrected chi connectivity index (χ4v) is 4.31. The van der Waals surface area contributed by atoms with E-state index in [4.69, 9.17) is 0 Å². The summed E-state index contributed by atoms with van der Waals surface area (Å²) in [5.74, 6) is 0.813. The van der Waals surface area contributed by atoms with Gasteiger partial charge in [-0.05, 0) is 18.4 Å². The molecule has 2 aromatic heterocycles. The van der Waals surface area contributed by atoms with Gasteiger partial charge in [0.25, 0.3) is 0 Å². The van der Waals surface area contributed by atoms with Gasteiger partial charge in [-0.3, -0.25) is 4.79 Å². The lowest BCUT2D eigenvalue weighted by atomic mass is 10.2. The first-order valence-electron chi connectivity index (χ1n) is 8.64. The molecule has 1 aliphatic rings. The lowest BCUT2D eigenvalue weighted by molar-refractivity contribution is -0.122. The molecule has 134 valence electrons. The van der Waals surface area contributed by atoms with Crippen LogP contribution in [0.4, 0.5) is 10.9 Å². The SMILES string of the molecule is CNc1ncnc2nc(N3CCC[C@@H]3C(=O)NCc3ccccc3)sc12. The van der Waals surface area contributed by atoms with Gasteiger partial charge in [0, 0.05) is 20.1 Å². The number of hydrogen-bond acceptors (Lipinski definition) is 7. The van der Waals surface area contributed by atoms with Crippen LogP contribution in [0.3, 0.4) is 0 Å². The smallest absolute Gasteiger partial charge is 0.243 e. The van der Waals surface area contributed by atoms with E-state index in [2.05, 4.69) is 30.5 Å². The number of thiazole rings is 1. The number of anilines is 2. The summed E-state index contributed by atoms with van der Waals surface area (Å²) in [6.07, 6.45) is 3.32. The minimum absolute atomic E-state index is 0.0468. The van der Waals surface area contributed by atoms with E-state index in [1.54, 1.807) is 0 Å². The standard InChI is InChI=1S/C18H20N6OS/c1-19-15-14-16(22-11-21-15)23-18(26-14)24-9-5-8-13(24)17(25)20-10-12-6-3-2-4-7-12/h2-4,6-7,11,13H,5,8-10H2,1H3,(H,20,25)(H,19,21,22)/t13-/m1/s1. The molecule has 3 aromatic rings. The van der Waals surface area contributed by atoms with Crippen LogP contribution in [0.5, 0.6) is 0 Å². The minimum Gasteiger partial charge on any atom is -0.372 e. The van der Waals surface area contributed by atoms with E-state index in [1.165, 1.54) is 17.7 Å². The predicted octanol–water partition coefficient (Wildman–Crippen LogP) is 2.41. The fraction of sp³-hybridized carbons (Fsp3) is 0.333. The highest BCUT2D eigenvalue weighted by Crippen LogP contribution is 2.35. The molecule has 26 heavy (non-hydrogen) atoms. The second kappa shape index (κ2) is 7.25. The molecule has 0 bridgehead atoms. The van der Waals surface area contributed by atoms with Crippen LogP contribution in [-0.2, 0) is 11.3 Å². The van der Waals surface area contributed by atoms with Crippen molar-refractivity contribution >= 4 is 38.5 Å². The molecule has 7 nitrogen and oxygen atoms in total. The monoisotopic (exact) mass is 368 g/mol. The number of carbonyl (C=O) groups excluding carboxylic acids is 1. The molecule has 1 atom stereocenters. The first-order valence-corrected chi connectivity index (χ1v) is 9.45. The van der Waals surface area contributed by atoms with Gasteiger partial charge in [-0.2, -0.15) is 4.98 Å². The van der Waals surface area contributed by atoms with Crippen molar-refractivity contribution in [1.29, 1.82) is 0 Å². The van der Waals surface area contributed by atoms with Gasteiger partial charge in [-0.1, -0.05) is 41.7 Å². The maximum absolute atomic E-state index is 12.7. The van der Waals surface area contributed by atoms with Crippen molar-refractivity contribution in [3.8, 4) is 0 Å². The summed E-state index contributed by atoms with van der Waals surface area (Å²) in [6, 6.07) is 9.76. The largest absolute Gasteiger partial charge is 0.372 e. The topological polar surface area (TPSA) is 83.0 Å². The zero-order valence-electron chi connectivity index (χ0n) is 14.5. The molecule has 1 aliphatic heterocycles. The molecule has 0 unspecified atom stereocenters. The summed E-state index contributed by atoms with van der Waals surface area (Å²) < 4.78 is 0.917. The maximum Gasteiger partial charge on any atom is 0.243 e. The Morgan fingerprint density at radius 3 is 2.96 bits per heavy atom. The number of amides is 1. The molecule has 8 heteroatoms. The van der Waals surface area contributed by atoms with E-state index >= 15 is 0 Å². The molecule has 2 N–H and O–H groups in total. The fourth-order valence-electron chi connectivity index (χ4n) is 3.21. The van der Waals surface area contributed by atoms with E-state index in [1.807, 2.05) is 37.4 Å². The zero-order chi connectivity index (χ0) is 17.9. The molecule has 0 radical (unpaired) electrons. The first-order chi connectivity index (χ1) is 12.8. The van der Waals surface area contributed by atoms with E-state index in [0.717, 1.165) is 40.6 Å². The lowest BCUT2D eigenvalue weighted by Crippen LogP contribution is -2.43. The van der Waals surface area contributed by atoms with Gasteiger partial charge in [0.15, 0.2) is 10.8 Å². The second-order valence-corrected chi connectivity index (χ2v) is 7.15. The summed E-state index contributed by atoms with van der Waals surface area (Å²) in [5, 5.41) is 6.95. The Kier molecular flexibility index (Phi) is 4.66. The number of nitrogens with one attached hydrogen (secondary N) is 2. The van der Waals surface area contributed by atoms with Gasteiger partial charge in [0.05, 0.1) is 0 Å². The molecule has 1 amide bonds. The van der Waals surface area contributed by atoms with Crippen molar-refractivity contribution < 1.29 is 4.79 Å². The minimum atomic E-state index is -0.190. The molecule has 1 aromatic carbocycles. The van der Waals surface area contributed by atoms with E-state index in [-0.39, 0.29) is 11.9 Å². The van der Waals surface area contributed by atoms with Crippen LogP contribution < -0.4 is 15.5 Å². The quantitative estimate of drug-likeness (QED) is 0.720. The number of nitrogens with zero attached hydrogens (tertiary/aromatic N) is 4. The third-order valence-electron chi connectivity index (χ3n) is 4.53. The Labute approximate surface area is 155 Å². The Bertz CT molecular complexity index is 912. The van der Waals surface area contributed by atoms with Crippen LogP contribution in [0, 0.1) is 0 Å². The third-order valence-corrected chi connectivity index (χ3v) is 5.62. The Balaban J connectivity index is 1.52. The van der Waals surface area contributed by atoms with Gasteiger partial charge in [0.2, 0.25) is 5.91 Å². The maximum atomic E-state index is 12.7. The molecule has 0 saturated carbocycles. The average Bonchev–Trinajstić information content (AvgIpc) is 3.33. The molecular weight excluding hydrogens is 348 g/mol. The number of carbonyl (C=O) groups is 1. The van der Waals surface area contributed by atoms with Gasteiger partial charge < -0.3 is 15.5 Å². The Hall–Kier alpha value is -2.74. The van der Waals surface area contributed by atoms with E-state index < -0.39 is 0 Å². The summed E-state index contributed by atoms with van der Waals surface area (Å²) in [7, 11) is 1.83. The van der Waals surface area contributed by atoms with Crippen molar-refractivity contribution in [1.82, 2.24) is 20.3 Å². The number of aromatic nitrogens is 3. The van der Waals surface area contributed by atoms with Crippen LogP contribution in [0.25, 0.3) is 10.3 Å². The third kappa shape index (κ3) is 3.20. The number of fused-ring (bicyclic) bond motifs is 1. The molecular formula is C18H20N6OS. The molecule has 1 fully saturated rings. The highest BCUT2D eigenvalue weighted by atomic mass is 32.1. The van der Waals surface area contributed by atoms with Crippen LogP contribution >= 0.6 is 11.3 Å². The van der Waals surface area contributed by atoms with Crippen molar-refractivity contribution in [2.75, 3.05) is 23.8 Å². The molecule has 4 rings (SSSR count). The lowest BCUT2D eigenvalue weighted by Gasteiger charge is -2.23. The normalized spacial score (nSPS) is 16.8. The van der Waals surface area contributed by atoms with Crippen molar-refractivity contribution in [2.24, 2.45) is 0 Å². The molecule has 0 aliphatic carbocycles. The second-order valence-electron chi connectivity index (χ2n) is 6.18. The summed E-state index contributed by atoms with van der Waals surface area (Å²) in [4.78, 5) is 27.9. The predicted molar refractivity (Wildman–Crippen MR) is 103 cm³/mol. The van der Waals surface area contributed by atoms with Crippen LogP contribution in [-0.4, -0.2) is 40.5 Å². The van der Waals surface area contributed by atoms with Crippen LogP contribution in [0.15, 0.2) is 36.7 Å². The zero-order valence-corrected chi connectivity index (χ0v) is 15.3. The Morgan fingerprint density at radius 2 is 2.15 bits per heavy atom. The van der Waals surface area contributed by atoms with Gasteiger partial charge >= 0.3 is 0 Å². The van der Waals surface area contributed by atoms with Gasteiger partial charge in [0.1, 0.15) is 22.9 Å². The van der Waals surface area contributed by atoms with Crippen LogP contribution in [0.2, 0.25) is 0 Å². The van der Waals surface area contributed by atoms with Gasteiger partial charge in [-0.15, -0.1) is 0 Å². The van der Waals surface area contributed by atoms with Crippen molar-refractivity contribution in [3.63, 3.8) is 0 Å². The number of rotatable bonds is 5. The van der Waals surface area contributed by atoms with Crippen molar-refractivity contribution in [3.05, 3.63) is 42.2 Å². The summed E-state index contributed by atoms with van der Waals surface area (Å²) in [6.45, 7) is 1.37. The highest BCUT2D eigenvalue weighted by Gasteiger charge is 2.33. The highest BCUT2D eigenvalue weighted by molar-refractivity contribution is 7.22. The number of benzene rings is 1. The molecule has 3 heterocycles. The Morgan fingerprint density at radius 1 is 1.31 bits per heavy atom. The van der Waals surface area contributed by atoms with Crippen LogP contribution in [0.1, 0.15) is 18.4 Å². The molecule has 1 saturated heterocycles. The number of hydrogen-bond donors (Lipinski definition) is 2. The van der Waals surface area contributed by atoms with Gasteiger partial charge in [-0.25, -0.2) is 9.97 Å². The average molecular weight is 368 g/mol. The first kappa shape index (κ1) is 16.7.